The fraction of sp³-hybridized carbons (Fsp3) is 0.442. The van der Waals surface area contributed by atoms with Crippen LogP contribution < -0.4 is 21.3 Å². The number of nitrogens with zero attached hydrogens (tertiary/aromatic N) is 2. The molecule has 0 saturated carbocycles. The number of carbonyl (C=O) groups is 4. The maximum Gasteiger partial charge on any atom is 0.408 e. The smallest absolute Gasteiger partial charge is 0.408 e. The number of rotatable bonds is 14. The topological polar surface area (TPSA) is 199 Å². The summed E-state index contributed by atoms with van der Waals surface area (Å²) in [5, 5.41) is 12.4. The molecule has 0 aliphatic rings. The highest BCUT2D eigenvalue weighted by Gasteiger charge is 2.33. The fourth-order valence-corrected chi connectivity index (χ4v) is 6.18. The summed E-state index contributed by atoms with van der Waals surface area (Å²) in [6.45, 7) is 17.6. The molecule has 5 aromatic rings. The molecule has 3 heterocycles. The Morgan fingerprint density at radius 2 is 1.16 bits per heavy atom. The van der Waals surface area contributed by atoms with E-state index in [1.54, 1.807) is 39.4 Å². The first-order valence-electron chi connectivity index (χ1n) is 19.3. The van der Waals surface area contributed by atoms with E-state index in [4.69, 9.17) is 4.74 Å². The fourth-order valence-electron chi connectivity index (χ4n) is 6.18. The van der Waals surface area contributed by atoms with Crippen LogP contribution in [0.5, 0.6) is 0 Å². The van der Waals surface area contributed by atoms with Crippen molar-refractivity contribution in [3.05, 3.63) is 107 Å². The molecule has 0 spiro atoms. The molecule has 0 saturated heterocycles. The van der Waals surface area contributed by atoms with E-state index in [1.807, 2.05) is 96.1 Å². The highest BCUT2D eigenvalue weighted by Crippen LogP contribution is 2.22. The quantitative estimate of drug-likeness (QED) is 0.0781. The second kappa shape index (κ2) is 17.5. The summed E-state index contributed by atoms with van der Waals surface area (Å²) >= 11 is 0. The van der Waals surface area contributed by atoms with E-state index in [9.17, 15) is 19.2 Å². The SMILES string of the molecule is CC(C)(C)OC(=O)N[C@@H](Cc1cnc(C(C)(C)C)[nH]1)C(=O)N[C@@H](Cc1c[nH]c2ccccc12)C(=O)N[C@@H](Cc1cnc(C(C)(C)C)[nH]1)C(=O)NCc1ccccc1. The molecule has 7 N–H and O–H groups in total. The van der Waals surface area contributed by atoms with Crippen LogP contribution in [-0.4, -0.2) is 72.5 Å². The molecule has 5 rings (SSSR count). The maximum absolute atomic E-state index is 14.5. The third-order valence-electron chi connectivity index (χ3n) is 9.21. The molecule has 0 bridgehead atoms. The van der Waals surface area contributed by atoms with Crippen molar-refractivity contribution in [3.63, 3.8) is 0 Å². The van der Waals surface area contributed by atoms with Crippen LogP contribution in [0.4, 0.5) is 4.79 Å². The van der Waals surface area contributed by atoms with Gasteiger partial charge in [0.15, 0.2) is 0 Å². The molecule has 0 aliphatic heterocycles. The van der Waals surface area contributed by atoms with Gasteiger partial charge in [-0.2, -0.15) is 0 Å². The average Bonchev–Trinajstić information content (AvgIpc) is 3.90. The van der Waals surface area contributed by atoms with Gasteiger partial charge in [0.25, 0.3) is 0 Å². The van der Waals surface area contributed by atoms with Crippen LogP contribution in [-0.2, 0) is 55.8 Å². The summed E-state index contributed by atoms with van der Waals surface area (Å²) in [7, 11) is 0. The molecular weight excluding hydrogens is 723 g/mol. The number of H-pyrrole nitrogens is 3. The van der Waals surface area contributed by atoms with Crippen LogP contribution in [0.3, 0.4) is 0 Å². The zero-order chi connectivity index (χ0) is 41.5. The van der Waals surface area contributed by atoms with Gasteiger partial charge in [-0.15, -0.1) is 0 Å². The van der Waals surface area contributed by atoms with Crippen LogP contribution in [0.25, 0.3) is 10.9 Å². The lowest BCUT2D eigenvalue weighted by Gasteiger charge is -2.26. The van der Waals surface area contributed by atoms with Crippen molar-refractivity contribution in [1.82, 2.24) is 46.2 Å². The zero-order valence-corrected chi connectivity index (χ0v) is 34.4. The van der Waals surface area contributed by atoms with Gasteiger partial charge in [-0.3, -0.25) is 14.4 Å². The predicted molar refractivity (Wildman–Crippen MR) is 219 cm³/mol. The van der Waals surface area contributed by atoms with Crippen molar-refractivity contribution < 1.29 is 23.9 Å². The van der Waals surface area contributed by atoms with Crippen LogP contribution >= 0.6 is 0 Å². The normalized spacial score (nSPS) is 13.7. The average molecular weight is 780 g/mol. The zero-order valence-electron chi connectivity index (χ0n) is 34.4. The van der Waals surface area contributed by atoms with Crippen LogP contribution in [0, 0.1) is 0 Å². The number of alkyl carbamates (subject to hydrolysis) is 1. The standard InChI is InChI=1S/C43H57N9O5/c1-41(2,3)38-46-24-28(48-38)20-33(35(53)45-22-26-15-11-10-12-16-26)51-36(54)32(19-27-23-44-31-18-14-13-17-30(27)31)50-37(55)34(52-40(56)57-43(7,8)9)21-29-25-47-39(49-29)42(4,5)6/h10-18,23-25,32-34,44H,19-22H2,1-9H3,(H,45,53)(H,46,48)(H,47,49)(H,50,55)(H,51,54)(H,52,56)/t32-,33-,34-/m0/s1. The van der Waals surface area contributed by atoms with E-state index < -0.39 is 47.5 Å². The van der Waals surface area contributed by atoms with E-state index in [0.717, 1.165) is 27.9 Å². The maximum atomic E-state index is 14.5. The van der Waals surface area contributed by atoms with Gasteiger partial charge in [0.05, 0.1) is 0 Å². The van der Waals surface area contributed by atoms with Gasteiger partial charge >= 0.3 is 6.09 Å². The highest BCUT2D eigenvalue weighted by molar-refractivity contribution is 5.95. The summed E-state index contributed by atoms with van der Waals surface area (Å²) in [5.74, 6) is -0.159. The molecule has 0 unspecified atom stereocenters. The number of aromatic amines is 3. The van der Waals surface area contributed by atoms with Gasteiger partial charge in [-0.05, 0) is 38.0 Å². The molecule has 4 amide bonds. The van der Waals surface area contributed by atoms with E-state index >= 15 is 0 Å². The number of fused-ring (bicyclic) bond motifs is 1. The van der Waals surface area contributed by atoms with E-state index in [-0.39, 0.29) is 36.6 Å². The number of hydrogen-bond acceptors (Lipinski definition) is 7. The molecule has 2 aromatic carbocycles. The molecule has 0 fully saturated rings. The first kappa shape index (κ1) is 42.2. The molecule has 3 aromatic heterocycles. The first-order chi connectivity index (χ1) is 26.7. The lowest BCUT2D eigenvalue weighted by molar-refractivity contribution is -0.132. The molecule has 3 atom stereocenters. The number of nitrogens with one attached hydrogen (secondary N) is 7. The van der Waals surface area contributed by atoms with Crippen molar-refractivity contribution in [2.45, 2.75) is 123 Å². The second-order valence-corrected chi connectivity index (χ2v) is 17.5. The van der Waals surface area contributed by atoms with Gasteiger partial charge in [-0.25, -0.2) is 14.8 Å². The Labute approximate surface area is 334 Å². The van der Waals surface area contributed by atoms with Crippen molar-refractivity contribution >= 4 is 34.7 Å². The molecule has 304 valence electrons. The van der Waals surface area contributed by atoms with Gasteiger partial charge < -0.3 is 41.0 Å². The summed E-state index contributed by atoms with van der Waals surface area (Å²) in [6, 6.07) is 13.8. The minimum atomic E-state index is -1.16. The van der Waals surface area contributed by atoms with Crippen molar-refractivity contribution in [1.29, 1.82) is 0 Å². The molecule has 57 heavy (non-hydrogen) atoms. The third kappa shape index (κ3) is 12.0. The Morgan fingerprint density at radius 3 is 1.68 bits per heavy atom. The Balaban J connectivity index is 1.45. The third-order valence-corrected chi connectivity index (χ3v) is 9.21. The number of hydrogen-bond donors (Lipinski definition) is 7. The number of para-hydroxylation sites is 1. The number of amides is 4. The van der Waals surface area contributed by atoms with Crippen molar-refractivity contribution in [3.8, 4) is 0 Å². The van der Waals surface area contributed by atoms with Gasteiger partial charge in [-0.1, -0.05) is 90.1 Å². The van der Waals surface area contributed by atoms with E-state index in [2.05, 4.69) is 46.2 Å². The Morgan fingerprint density at radius 1 is 0.649 bits per heavy atom. The molecule has 0 aliphatic carbocycles. The Kier molecular flexibility index (Phi) is 12.9. The second-order valence-electron chi connectivity index (χ2n) is 17.5. The monoisotopic (exact) mass is 779 g/mol. The lowest BCUT2D eigenvalue weighted by Crippen LogP contribution is -2.58. The van der Waals surface area contributed by atoms with Crippen molar-refractivity contribution in [2.24, 2.45) is 0 Å². The summed E-state index contributed by atoms with van der Waals surface area (Å²) in [4.78, 5) is 74.7. The number of ether oxygens (including phenoxy) is 1. The van der Waals surface area contributed by atoms with Gasteiger partial charge in [0.2, 0.25) is 17.7 Å². The predicted octanol–water partition coefficient (Wildman–Crippen LogP) is 5.42. The minimum Gasteiger partial charge on any atom is -0.444 e. The Bertz CT molecular complexity index is 2150. The van der Waals surface area contributed by atoms with E-state index in [0.29, 0.717) is 17.2 Å². The van der Waals surface area contributed by atoms with Crippen LogP contribution in [0.15, 0.2) is 73.2 Å². The van der Waals surface area contributed by atoms with Gasteiger partial charge in [0, 0.05) is 77.5 Å². The van der Waals surface area contributed by atoms with E-state index in [1.165, 1.54) is 0 Å². The summed E-state index contributed by atoms with van der Waals surface area (Å²) in [6.07, 6.45) is 4.54. The first-order valence-corrected chi connectivity index (χ1v) is 19.3. The molecule has 0 radical (unpaired) electrons. The number of carbonyl (C=O) groups excluding carboxylic acids is 4. The largest absolute Gasteiger partial charge is 0.444 e. The summed E-state index contributed by atoms with van der Waals surface area (Å²) in [5.41, 5.74) is 2.43. The molecule has 14 heteroatoms. The Hall–Kier alpha value is -5.92. The minimum absolute atomic E-state index is 0.0377. The van der Waals surface area contributed by atoms with Crippen molar-refractivity contribution in [2.75, 3.05) is 0 Å². The number of imidazole rings is 2. The van der Waals surface area contributed by atoms with Crippen LogP contribution in [0.1, 0.15) is 96.5 Å². The lowest BCUT2D eigenvalue weighted by atomic mass is 9.96. The highest BCUT2D eigenvalue weighted by atomic mass is 16.6. The summed E-state index contributed by atoms with van der Waals surface area (Å²) < 4.78 is 5.52. The van der Waals surface area contributed by atoms with Crippen LogP contribution in [0.2, 0.25) is 0 Å². The van der Waals surface area contributed by atoms with Gasteiger partial charge in [0.1, 0.15) is 35.4 Å². The molecular formula is C43H57N9O5. The number of aromatic nitrogens is 5. The number of benzene rings is 2. The molecule has 14 nitrogen and oxygen atoms in total.